The molecule has 0 bridgehead atoms. The van der Waals surface area contributed by atoms with E-state index in [2.05, 4.69) is 11.1 Å². The molecule has 105 heavy (non-hydrogen) atoms. The van der Waals surface area contributed by atoms with E-state index in [1.807, 2.05) is 0 Å². The van der Waals surface area contributed by atoms with Crippen LogP contribution in [0.3, 0.4) is 0 Å². The normalized spacial score (nSPS) is 26.1. The molecule has 13 rings (SSSR count). The number of benzene rings is 8. The zero-order valence-electron chi connectivity index (χ0n) is 56.3. The zero-order valence-corrected chi connectivity index (χ0v) is 57.1. The smallest absolute Gasteiger partial charge is 0.459 e. The van der Waals surface area contributed by atoms with E-state index >= 15 is 9.59 Å². The predicted octanol–water partition coefficient (Wildman–Crippen LogP) is 12.8. The van der Waals surface area contributed by atoms with Gasteiger partial charge in [0.2, 0.25) is 0 Å². The van der Waals surface area contributed by atoms with Crippen molar-refractivity contribution >= 4 is 51.9 Å². The Hall–Kier alpha value is -10.6. The van der Waals surface area contributed by atoms with Crippen LogP contribution in [0.15, 0.2) is 231 Å². The third-order valence-electron chi connectivity index (χ3n) is 19.9. The first-order valence-corrected chi connectivity index (χ1v) is 35.6. The largest absolute Gasteiger partial charge is 0.534 e. The molecule has 0 amide bonds. The summed E-state index contributed by atoms with van der Waals surface area (Å²) in [5, 5.41) is 0. The van der Waals surface area contributed by atoms with E-state index in [9.17, 15) is 45.6 Å². The molecule has 2 saturated heterocycles. The monoisotopic (exact) mass is 1460 g/mol. The van der Waals surface area contributed by atoms with Crippen LogP contribution in [0.4, 0.5) is 13.2 Å². The molecule has 544 valence electrons. The van der Waals surface area contributed by atoms with Crippen LogP contribution in [0.2, 0.25) is 0 Å². The molecule has 0 radical (unpaired) electrons. The molecule has 8 aromatic rings. The summed E-state index contributed by atoms with van der Waals surface area (Å²) in [6.45, 7) is 0.536. The third-order valence-corrected chi connectivity index (χ3v) is 20.9. The Morgan fingerprint density at radius 1 is 0.429 bits per heavy atom. The fourth-order valence-corrected chi connectivity index (χ4v) is 15.3. The van der Waals surface area contributed by atoms with Crippen molar-refractivity contribution in [1.82, 2.24) is 0 Å². The van der Waals surface area contributed by atoms with Gasteiger partial charge in [0.1, 0.15) is 37.3 Å². The summed E-state index contributed by atoms with van der Waals surface area (Å²) >= 11 is 0. The Morgan fingerprint density at radius 3 is 1.20 bits per heavy atom. The minimum absolute atomic E-state index is 0.00126. The topological polar surface area (TPSA) is 264 Å². The maximum Gasteiger partial charge on any atom is 0.534 e. The number of alkyl halides is 3. The maximum atomic E-state index is 15.2. The number of fused-ring (bicyclic) bond motifs is 5. The van der Waals surface area contributed by atoms with Gasteiger partial charge in [-0.1, -0.05) is 140 Å². The molecular weight excluding hydrogens is 1390 g/mol. The van der Waals surface area contributed by atoms with Crippen molar-refractivity contribution in [3.63, 3.8) is 0 Å². The van der Waals surface area contributed by atoms with E-state index < -0.39 is 149 Å². The van der Waals surface area contributed by atoms with Crippen LogP contribution >= 0.6 is 0 Å². The van der Waals surface area contributed by atoms with E-state index in [4.69, 9.17) is 52.1 Å². The highest BCUT2D eigenvalue weighted by Gasteiger charge is 2.62. The number of esters is 7. The standard InChI is InChI=1S/C80H71F3O21S/c1-79-44-43-58-57-40-38-56(104-105(91,92)80(81,82)83)45-55(57)37-39-59(58)60(79)41-42-63(79)97-77-69(102-76(90)54-35-21-8-22-36-54)67(65(99-73(87)51-29-15-5-16-30-51)62(95-77)47-94-71(85)49-25-11-3-12-26-49)103-78-68(101-75(89)53-33-19-7-20-34-53)66(100-74(88)52-31-17-6-18-32-52)64(98-72(86)50-27-13-4-14-28-50)61(96-78)46-93-70(84)48-23-9-2-10-24-48/h2-36,38,40,45,58-69,77-78H,37,39,41-44,46-47H2,1H3/t58?,59-,60+,61?,62?,63+,64?,65?,66?,67?,68?,69?,77?,78?,79+/m1/s1. The first-order chi connectivity index (χ1) is 50.7. The number of carbonyl (C=O) groups excluding carboxylic acids is 7. The fourth-order valence-electron chi connectivity index (χ4n) is 14.8. The molecule has 4 fully saturated rings. The van der Waals surface area contributed by atoms with E-state index in [0.717, 1.165) is 5.56 Å². The quantitative estimate of drug-likeness (QED) is 0.0264. The van der Waals surface area contributed by atoms with Crippen LogP contribution in [0.5, 0.6) is 5.75 Å². The number of rotatable bonds is 22. The first kappa shape index (κ1) is 72.8. The van der Waals surface area contributed by atoms with Gasteiger partial charge in [-0.3, -0.25) is 0 Å². The van der Waals surface area contributed by atoms with E-state index in [1.165, 1.54) is 97.1 Å². The molecule has 0 aromatic heterocycles. The molecule has 21 nitrogen and oxygen atoms in total. The second-order valence-electron chi connectivity index (χ2n) is 26.3. The van der Waals surface area contributed by atoms with Crippen LogP contribution in [0.25, 0.3) is 0 Å². The average Bonchev–Trinajstić information content (AvgIpc) is 1.66. The highest BCUT2D eigenvalue weighted by Crippen LogP contribution is 2.62. The van der Waals surface area contributed by atoms with Crippen molar-refractivity contribution in [2.24, 2.45) is 17.3 Å². The van der Waals surface area contributed by atoms with Gasteiger partial charge in [-0.25, -0.2) is 33.6 Å². The van der Waals surface area contributed by atoms with Gasteiger partial charge >= 0.3 is 57.4 Å². The third kappa shape index (κ3) is 16.4. The molecule has 15 atom stereocenters. The second kappa shape index (κ2) is 31.8. The van der Waals surface area contributed by atoms with Crippen molar-refractivity contribution in [3.05, 3.63) is 281 Å². The number of ether oxygens (including phenoxy) is 11. The highest BCUT2D eigenvalue weighted by molar-refractivity contribution is 7.88. The number of halogens is 3. The molecule has 25 heteroatoms. The van der Waals surface area contributed by atoms with Gasteiger partial charge < -0.3 is 56.3 Å². The zero-order chi connectivity index (χ0) is 73.4. The minimum atomic E-state index is -5.95. The fraction of sp³-hybridized carbons (Fsp3) is 0.312. The number of carbonyl (C=O) groups is 7. The van der Waals surface area contributed by atoms with Gasteiger partial charge in [-0.2, -0.15) is 21.6 Å². The van der Waals surface area contributed by atoms with Crippen LogP contribution < -0.4 is 4.18 Å². The summed E-state index contributed by atoms with van der Waals surface area (Å²) in [6, 6.07) is 58.6. The lowest BCUT2D eigenvalue weighted by Crippen LogP contribution is -2.68. The lowest BCUT2D eigenvalue weighted by atomic mass is 9.55. The van der Waals surface area contributed by atoms with Gasteiger partial charge in [0.05, 0.1) is 45.0 Å². The second-order valence-corrected chi connectivity index (χ2v) is 27.8. The molecule has 8 aromatic carbocycles. The maximum absolute atomic E-state index is 15.2. The molecule has 5 aliphatic rings. The van der Waals surface area contributed by atoms with E-state index in [-0.39, 0.29) is 56.7 Å². The lowest BCUT2D eigenvalue weighted by Gasteiger charge is -2.52. The Labute approximate surface area is 601 Å². The van der Waals surface area contributed by atoms with Gasteiger partial charge in [-0.05, 0) is 170 Å². The Balaban J connectivity index is 0.941. The molecule has 2 aliphatic heterocycles. The summed E-state index contributed by atoms with van der Waals surface area (Å²) < 4.78 is 142. The number of hydrogen-bond donors (Lipinski definition) is 0. The van der Waals surface area contributed by atoms with Gasteiger partial charge in [0.15, 0.2) is 43.1 Å². The van der Waals surface area contributed by atoms with Crippen LogP contribution in [-0.4, -0.2) is 136 Å². The van der Waals surface area contributed by atoms with Gasteiger partial charge in [0.25, 0.3) is 0 Å². The minimum Gasteiger partial charge on any atom is -0.459 e. The summed E-state index contributed by atoms with van der Waals surface area (Å²) in [6.07, 6.45) is -17.0. The molecule has 3 aliphatic carbocycles. The van der Waals surface area contributed by atoms with Crippen molar-refractivity contribution < 1.29 is 111 Å². The van der Waals surface area contributed by atoms with Crippen molar-refractivity contribution in [2.75, 3.05) is 13.2 Å². The summed E-state index contributed by atoms with van der Waals surface area (Å²) in [4.78, 5) is 103. The van der Waals surface area contributed by atoms with Crippen molar-refractivity contribution in [1.29, 1.82) is 0 Å². The SMILES string of the molecule is C[C@]12CCC3c4ccc(OS(=O)(=O)C(F)(F)F)cc4CC[C@H]3[C@@H]1CC[C@@H]2OC1OC(COC(=O)c2ccccc2)C(OC(=O)c2ccccc2)C(OC2OC(COC(=O)c3ccccc3)C(OC(=O)c3ccccc3)C(OC(=O)c3ccccc3)C2OC(=O)c2ccccc2)C1OC(=O)c1ccccc1. The molecule has 0 spiro atoms. The predicted molar refractivity (Wildman–Crippen MR) is 365 cm³/mol. The number of aryl methyl sites for hydroxylation is 1. The summed E-state index contributed by atoms with van der Waals surface area (Å²) in [5.41, 5.74) is -4.70. The Morgan fingerprint density at radius 2 is 0.790 bits per heavy atom. The highest BCUT2D eigenvalue weighted by atomic mass is 32.2. The van der Waals surface area contributed by atoms with Crippen LogP contribution in [-0.2, 0) is 68.6 Å². The van der Waals surface area contributed by atoms with E-state index in [0.29, 0.717) is 44.1 Å². The summed E-state index contributed by atoms with van der Waals surface area (Å²) in [5.74, 6) is -7.52. The van der Waals surface area contributed by atoms with Gasteiger partial charge in [-0.15, -0.1) is 0 Å². The van der Waals surface area contributed by atoms with Crippen LogP contribution in [0.1, 0.15) is 129 Å². The number of hydrogen-bond acceptors (Lipinski definition) is 21. The van der Waals surface area contributed by atoms with Crippen molar-refractivity contribution in [2.45, 2.75) is 124 Å². The van der Waals surface area contributed by atoms with Gasteiger partial charge in [0, 0.05) is 0 Å². The first-order valence-electron chi connectivity index (χ1n) is 34.2. The molecular formula is C80H71F3O21S. The lowest BCUT2D eigenvalue weighted by molar-refractivity contribution is -0.363. The molecule has 2 saturated carbocycles. The Kier molecular flexibility index (Phi) is 22.0. The molecule has 11 unspecified atom stereocenters. The average molecular weight is 1460 g/mol. The Bertz CT molecular complexity index is 4510. The van der Waals surface area contributed by atoms with Crippen LogP contribution in [0, 0.1) is 17.3 Å². The van der Waals surface area contributed by atoms with E-state index in [1.54, 1.807) is 133 Å². The van der Waals surface area contributed by atoms with Crippen molar-refractivity contribution in [3.8, 4) is 5.75 Å². The molecule has 2 heterocycles. The summed E-state index contributed by atoms with van der Waals surface area (Å²) in [7, 11) is -5.95. The molecule has 0 N–H and O–H groups in total.